The first-order chi connectivity index (χ1) is 6.56. The van der Waals surface area contributed by atoms with Gasteiger partial charge < -0.3 is 9.84 Å². The molecule has 0 heterocycles. The third kappa shape index (κ3) is 2.50. The van der Waals surface area contributed by atoms with Gasteiger partial charge in [0.2, 0.25) is 0 Å². The maximum absolute atomic E-state index is 8.95. The SMILES string of the molecule is COc1ccc(CC(O)=S)c(Cl)c1Cl. The number of aliphatic hydroxyl groups excluding tert-OH is 1. The summed E-state index contributed by atoms with van der Waals surface area (Å²) in [6, 6.07) is 3.40. The largest absolute Gasteiger partial charge is 0.502 e. The van der Waals surface area contributed by atoms with Crippen LogP contribution in [0.3, 0.4) is 0 Å². The first-order valence-electron chi connectivity index (χ1n) is 3.79. The van der Waals surface area contributed by atoms with Crippen molar-refractivity contribution in [2.45, 2.75) is 6.42 Å². The molecule has 0 radical (unpaired) electrons. The van der Waals surface area contributed by atoms with Crippen molar-refractivity contribution in [3.05, 3.63) is 27.7 Å². The molecule has 76 valence electrons. The van der Waals surface area contributed by atoms with Gasteiger partial charge in [-0.25, -0.2) is 0 Å². The van der Waals surface area contributed by atoms with Crippen molar-refractivity contribution in [1.82, 2.24) is 0 Å². The van der Waals surface area contributed by atoms with Gasteiger partial charge >= 0.3 is 0 Å². The summed E-state index contributed by atoms with van der Waals surface area (Å²) in [7, 11) is 1.51. The summed E-state index contributed by atoms with van der Waals surface area (Å²) in [6.07, 6.45) is 0.220. The minimum absolute atomic E-state index is 0.117. The Hall–Kier alpha value is -0.510. The molecule has 0 aliphatic carbocycles. The van der Waals surface area contributed by atoms with Crippen molar-refractivity contribution >= 4 is 40.5 Å². The number of thiocarbonyl (C=S) groups is 1. The van der Waals surface area contributed by atoms with Crippen molar-refractivity contribution in [3.8, 4) is 5.75 Å². The maximum atomic E-state index is 8.95. The van der Waals surface area contributed by atoms with Crippen LogP contribution >= 0.6 is 35.4 Å². The molecule has 0 aliphatic heterocycles. The Kier molecular flexibility index (Phi) is 3.98. The molecule has 5 heteroatoms. The molecule has 0 bridgehead atoms. The minimum atomic E-state index is -0.117. The lowest BCUT2D eigenvalue weighted by Gasteiger charge is -2.08. The summed E-state index contributed by atoms with van der Waals surface area (Å²) in [5.74, 6) is 0.504. The molecule has 1 N–H and O–H groups in total. The second-order valence-electron chi connectivity index (χ2n) is 2.63. The van der Waals surface area contributed by atoms with Crippen LogP contribution in [0.25, 0.3) is 0 Å². The third-order valence-electron chi connectivity index (χ3n) is 1.69. The Balaban J connectivity index is 3.10. The average Bonchev–Trinajstić information content (AvgIpc) is 2.13. The molecule has 0 saturated heterocycles. The molecule has 0 amide bonds. The minimum Gasteiger partial charge on any atom is -0.502 e. The molecule has 1 rings (SSSR count). The predicted molar refractivity (Wildman–Crippen MR) is 61.9 cm³/mol. The number of hydrogen-bond acceptors (Lipinski definition) is 2. The Morgan fingerprint density at radius 1 is 1.43 bits per heavy atom. The summed E-state index contributed by atoms with van der Waals surface area (Å²) < 4.78 is 4.97. The summed E-state index contributed by atoms with van der Waals surface area (Å²) in [4.78, 5) is 0. The Bertz CT molecular complexity index is 366. The number of rotatable bonds is 3. The van der Waals surface area contributed by atoms with E-state index in [4.69, 9.17) is 33.0 Å². The third-order valence-corrected chi connectivity index (χ3v) is 2.74. The molecule has 0 aromatic heterocycles. The molecule has 0 atom stereocenters. The van der Waals surface area contributed by atoms with E-state index >= 15 is 0 Å². The second kappa shape index (κ2) is 4.82. The van der Waals surface area contributed by atoms with Crippen molar-refractivity contribution in [3.63, 3.8) is 0 Å². The molecule has 1 aromatic carbocycles. The van der Waals surface area contributed by atoms with Crippen molar-refractivity contribution < 1.29 is 9.84 Å². The lowest BCUT2D eigenvalue weighted by atomic mass is 10.1. The molecule has 0 aliphatic rings. The van der Waals surface area contributed by atoms with Crippen LogP contribution in [0.2, 0.25) is 10.0 Å². The molecule has 14 heavy (non-hydrogen) atoms. The first kappa shape index (κ1) is 11.6. The summed E-state index contributed by atoms with van der Waals surface area (Å²) in [5, 5.41) is 9.53. The van der Waals surface area contributed by atoms with Gasteiger partial charge in [0.05, 0.1) is 12.1 Å². The lowest BCUT2D eigenvalue weighted by molar-refractivity contribution is 0.415. The van der Waals surface area contributed by atoms with Gasteiger partial charge in [-0.1, -0.05) is 29.3 Å². The van der Waals surface area contributed by atoms with E-state index in [9.17, 15) is 0 Å². The molecule has 0 spiro atoms. The summed E-state index contributed by atoms with van der Waals surface area (Å²) >= 11 is 16.4. The standard InChI is InChI=1S/C9H8Cl2O2S/c1-13-6-3-2-5(4-7(12)14)8(10)9(6)11/h2-3H,4H2,1H3,(H,12,14). The molecule has 2 nitrogen and oxygen atoms in total. The van der Waals surface area contributed by atoms with Crippen LogP contribution < -0.4 is 4.74 Å². The summed E-state index contributed by atoms with van der Waals surface area (Å²) in [5.41, 5.74) is 0.685. The fourth-order valence-corrected chi connectivity index (χ4v) is 1.67. The highest BCUT2D eigenvalue weighted by molar-refractivity contribution is 7.80. The van der Waals surface area contributed by atoms with E-state index < -0.39 is 0 Å². The van der Waals surface area contributed by atoms with E-state index in [-0.39, 0.29) is 11.5 Å². The van der Waals surface area contributed by atoms with Crippen LogP contribution in [0, 0.1) is 0 Å². The van der Waals surface area contributed by atoms with E-state index in [2.05, 4.69) is 12.2 Å². The fraction of sp³-hybridized carbons (Fsp3) is 0.222. The highest BCUT2D eigenvalue weighted by Crippen LogP contribution is 2.34. The smallest absolute Gasteiger partial charge is 0.161 e. The van der Waals surface area contributed by atoms with Gasteiger partial charge in [0.15, 0.2) is 5.05 Å². The van der Waals surface area contributed by atoms with Crippen LogP contribution in [0.15, 0.2) is 12.1 Å². The maximum Gasteiger partial charge on any atom is 0.161 e. The van der Waals surface area contributed by atoms with Gasteiger partial charge in [-0.3, -0.25) is 0 Å². The fourth-order valence-electron chi connectivity index (χ4n) is 1.03. The number of aliphatic hydroxyl groups is 1. The molecular weight excluding hydrogens is 243 g/mol. The summed E-state index contributed by atoms with van der Waals surface area (Å²) in [6.45, 7) is 0. The number of methoxy groups -OCH3 is 1. The number of ether oxygens (including phenoxy) is 1. The van der Waals surface area contributed by atoms with E-state index in [0.29, 0.717) is 21.4 Å². The zero-order valence-corrected chi connectivity index (χ0v) is 9.71. The zero-order valence-electron chi connectivity index (χ0n) is 7.38. The van der Waals surface area contributed by atoms with Gasteiger partial charge in [0.25, 0.3) is 0 Å². The Labute approximate surface area is 97.4 Å². The first-order valence-corrected chi connectivity index (χ1v) is 4.95. The second-order valence-corrected chi connectivity index (χ2v) is 3.85. The van der Waals surface area contributed by atoms with Crippen molar-refractivity contribution in [1.29, 1.82) is 0 Å². The van der Waals surface area contributed by atoms with Crippen LogP contribution in [0.1, 0.15) is 5.56 Å². The van der Waals surface area contributed by atoms with Gasteiger partial charge in [-0.05, 0) is 23.8 Å². The predicted octanol–water partition coefficient (Wildman–Crippen LogP) is 3.43. The average molecular weight is 251 g/mol. The quantitative estimate of drug-likeness (QED) is 0.834. The lowest BCUT2D eigenvalue weighted by Crippen LogP contribution is -1.99. The Morgan fingerprint density at radius 2 is 2.07 bits per heavy atom. The zero-order chi connectivity index (χ0) is 10.7. The van der Waals surface area contributed by atoms with Crippen LogP contribution in [-0.2, 0) is 6.42 Å². The molecular formula is C9H8Cl2O2S. The van der Waals surface area contributed by atoms with E-state index in [1.807, 2.05) is 0 Å². The normalized spacial score (nSPS) is 9.93. The topological polar surface area (TPSA) is 29.5 Å². The van der Waals surface area contributed by atoms with Crippen molar-refractivity contribution in [2.75, 3.05) is 7.11 Å². The molecule has 0 saturated carbocycles. The molecule has 0 unspecified atom stereocenters. The number of hydrogen-bond donors (Lipinski definition) is 1. The van der Waals surface area contributed by atoms with Crippen LogP contribution in [0.4, 0.5) is 0 Å². The van der Waals surface area contributed by atoms with Gasteiger partial charge in [-0.2, -0.15) is 0 Å². The van der Waals surface area contributed by atoms with Gasteiger partial charge in [-0.15, -0.1) is 0 Å². The van der Waals surface area contributed by atoms with Gasteiger partial charge in [0.1, 0.15) is 10.8 Å². The molecule has 1 aromatic rings. The number of benzene rings is 1. The Morgan fingerprint density at radius 3 is 2.57 bits per heavy atom. The van der Waals surface area contributed by atoms with E-state index in [1.54, 1.807) is 12.1 Å². The monoisotopic (exact) mass is 250 g/mol. The van der Waals surface area contributed by atoms with E-state index in [0.717, 1.165) is 0 Å². The van der Waals surface area contributed by atoms with Crippen LogP contribution in [0.5, 0.6) is 5.75 Å². The highest BCUT2D eigenvalue weighted by Gasteiger charge is 2.11. The molecule has 0 fully saturated rings. The van der Waals surface area contributed by atoms with Gasteiger partial charge in [0, 0.05) is 6.42 Å². The van der Waals surface area contributed by atoms with Crippen LogP contribution in [-0.4, -0.2) is 17.3 Å². The van der Waals surface area contributed by atoms with E-state index in [1.165, 1.54) is 7.11 Å². The van der Waals surface area contributed by atoms with Crippen molar-refractivity contribution in [2.24, 2.45) is 0 Å². The highest BCUT2D eigenvalue weighted by atomic mass is 35.5. The number of halogens is 2.